The van der Waals surface area contributed by atoms with Crippen LogP contribution < -0.4 is 5.73 Å². The van der Waals surface area contributed by atoms with Gasteiger partial charge in [0, 0.05) is 16.5 Å². The van der Waals surface area contributed by atoms with Crippen LogP contribution in [0.4, 0.5) is 10.1 Å². The highest BCUT2D eigenvalue weighted by atomic mass is 32.2. The van der Waals surface area contributed by atoms with Gasteiger partial charge in [0.25, 0.3) is 0 Å². The fourth-order valence-electron chi connectivity index (χ4n) is 2.10. The third-order valence-electron chi connectivity index (χ3n) is 3.20. The first kappa shape index (κ1) is 13.7. The van der Waals surface area contributed by atoms with Gasteiger partial charge >= 0.3 is 0 Å². The summed E-state index contributed by atoms with van der Waals surface area (Å²) in [6, 6.07) is 13.8. The molecular weight excluding hydrogens is 287 g/mol. The van der Waals surface area contributed by atoms with Crippen molar-refractivity contribution in [1.82, 2.24) is 4.98 Å². The highest BCUT2D eigenvalue weighted by Gasteiger charge is 2.08. The van der Waals surface area contributed by atoms with Crippen LogP contribution in [0.2, 0.25) is 0 Å². The van der Waals surface area contributed by atoms with Crippen LogP contribution in [0.25, 0.3) is 10.9 Å². The molecule has 2 aromatic carbocycles. The lowest BCUT2D eigenvalue weighted by Gasteiger charge is -2.05. The van der Waals surface area contributed by atoms with Gasteiger partial charge in [-0.2, -0.15) is 0 Å². The molecule has 0 aliphatic heterocycles. The highest BCUT2D eigenvalue weighted by Crippen LogP contribution is 2.19. The van der Waals surface area contributed by atoms with Crippen LogP contribution in [-0.4, -0.2) is 9.19 Å². The average molecular weight is 300 g/mol. The van der Waals surface area contributed by atoms with E-state index in [2.05, 4.69) is 4.98 Å². The third kappa shape index (κ3) is 2.92. The van der Waals surface area contributed by atoms with Crippen LogP contribution in [0.5, 0.6) is 0 Å². The van der Waals surface area contributed by atoms with Crippen molar-refractivity contribution in [2.75, 3.05) is 5.73 Å². The smallest absolute Gasteiger partial charge is 0.147 e. The molecule has 0 radical (unpaired) electrons. The molecule has 21 heavy (non-hydrogen) atoms. The van der Waals surface area contributed by atoms with E-state index in [1.54, 1.807) is 12.3 Å². The first-order valence-electron chi connectivity index (χ1n) is 6.40. The quantitative estimate of drug-likeness (QED) is 0.755. The van der Waals surface area contributed by atoms with E-state index in [0.717, 1.165) is 16.5 Å². The second kappa shape index (κ2) is 5.61. The lowest BCUT2D eigenvalue weighted by molar-refractivity contribution is 0.627. The summed E-state index contributed by atoms with van der Waals surface area (Å²) in [5, 5.41) is 0.996. The Kier molecular flexibility index (Phi) is 3.66. The van der Waals surface area contributed by atoms with Crippen molar-refractivity contribution in [2.24, 2.45) is 0 Å². The van der Waals surface area contributed by atoms with Crippen molar-refractivity contribution >= 4 is 27.4 Å². The Hall–Kier alpha value is -2.27. The van der Waals surface area contributed by atoms with Gasteiger partial charge in [-0.1, -0.05) is 12.1 Å². The topological polar surface area (TPSA) is 56.0 Å². The van der Waals surface area contributed by atoms with Crippen molar-refractivity contribution in [3.8, 4) is 0 Å². The van der Waals surface area contributed by atoms with Crippen LogP contribution >= 0.6 is 0 Å². The molecule has 5 heteroatoms. The molecule has 1 unspecified atom stereocenters. The zero-order valence-electron chi connectivity index (χ0n) is 11.1. The fraction of sp³-hybridized carbons (Fsp3) is 0.0625. The summed E-state index contributed by atoms with van der Waals surface area (Å²) in [5.41, 5.74) is 7.30. The van der Waals surface area contributed by atoms with Gasteiger partial charge in [-0.25, -0.2) is 4.39 Å². The van der Waals surface area contributed by atoms with Crippen molar-refractivity contribution in [1.29, 1.82) is 0 Å². The van der Waals surface area contributed by atoms with Gasteiger partial charge in [0.05, 0.1) is 27.8 Å². The number of nitrogen functional groups attached to an aromatic ring is 1. The summed E-state index contributed by atoms with van der Waals surface area (Å²) < 4.78 is 25.7. The minimum atomic E-state index is -1.31. The van der Waals surface area contributed by atoms with E-state index >= 15 is 0 Å². The number of halogens is 1. The molecule has 106 valence electrons. The molecule has 0 saturated carbocycles. The maximum Gasteiger partial charge on any atom is 0.147 e. The number of hydrogen-bond acceptors (Lipinski definition) is 3. The second-order valence-electron chi connectivity index (χ2n) is 4.70. The normalized spacial score (nSPS) is 12.4. The van der Waals surface area contributed by atoms with Crippen LogP contribution in [-0.2, 0) is 16.6 Å². The molecule has 1 aromatic heterocycles. The predicted molar refractivity (Wildman–Crippen MR) is 82.7 cm³/mol. The van der Waals surface area contributed by atoms with Crippen molar-refractivity contribution in [3.05, 3.63) is 66.1 Å². The van der Waals surface area contributed by atoms with Crippen LogP contribution in [0, 0.1) is 5.82 Å². The molecule has 3 nitrogen and oxygen atoms in total. The number of rotatable bonds is 3. The largest absolute Gasteiger partial charge is 0.396 e. The van der Waals surface area contributed by atoms with Crippen molar-refractivity contribution in [2.45, 2.75) is 10.6 Å². The Morgan fingerprint density at radius 2 is 2.00 bits per heavy atom. The van der Waals surface area contributed by atoms with Crippen LogP contribution in [0.1, 0.15) is 5.56 Å². The summed E-state index contributed by atoms with van der Waals surface area (Å²) in [6.07, 6.45) is 1.73. The van der Waals surface area contributed by atoms with E-state index in [1.165, 1.54) is 12.1 Å². The van der Waals surface area contributed by atoms with E-state index in [0.29, 0.717) is 10.6 Å². The third-order valence-corrected chi connectivity index (χ3v) is 4.58. The Morgan fingerprint density at radius 3 is 2.81 bits per heavy atom. The van der Waals surface area contributed by atoms with E-state index in [-0.39, 0.29) is 5.69 Å². The SMILES string of the molecule is Nc1ccc(S(=O)Cc2ccc3ncccc3c2)cc1F. The van der Waals surface area contributed by atoms with E-state index in [4.69, 9.17) is 5.73 Å². The summed E-state index contributed by atoms with van der Waals surface area (Å²) in [6.45, 7) is 0. The lowest BCUT2D eigenvalue weighted by atomic mass is 10.1. The summed E-state index contributed by atoms with van der Waals surface area (Å²) in [4.78, 5) is 4.68. The maximum atomic E-state index is 13.4. The van der Waals surface area contributed by atoms with Gasteiger partial charge in [-0.05, 0) is 42.0 Å². The second-order valence-corrected chi connectivity index (χ2v) is 6.15. The zero-order chi connectivity index (χ0) is 14.8. The monoisotopic (exact) mass is 300 g/mol. The Bertz CT molecular complexity index is 835. The van der Waals surface area contributed by atoms with Crippen molar-refractivity contribution < 1.29 is 8.60 Å². The summed E-state index contributed by atoms with van der Waals surface area (Å²) >= 11 is 0. The van der Waals surface area contributed by atoms with Crippen LogP contribution in [0.15, 0.2) is 59.6 Å². The predicted octanol–water partition coefficient (Wildman–Crippen LogP) is 3.26. The summed E-state index contributed by atoms with van der Waals surface area (Å²) in [5.74, 6) is -0.211. The molecule has 3 aromatic rings. The number of hydrogen-bond donors (Lipinski definition) is 1. The summed E-state index contributed by atoms with van der Waals surface area (Å²) in [7, 11) is -1.31. The van der Waals surface area contributed by atoms with Gasteiger partial charge < -0.3 is 5.73 Å². The Morgan fingerprint density at radius 1 is 1.14 bits per heavy atom. The standard InChI is InChI=1S/C16H13FN2OS/c17-14-9-13(4-5-15(14)18)21(20)10-11-3-6-16-12(8-11)2-1-7-19-16/h1-9H,10,18H2. The molecule has 0 aliphatic carbocycles. The molecule has 2 N–H and O–H groups in total. The number of anilines is 1. The molecule has 0 spiro atoms. The molecule has 0 amide bonds. The molecule has 1 atom stereocenters. The minimum absolute atomic E-state index is 0.0625. The molecule has 0 aliphatic rings. The van der Waals surface area contributed by atoms with Gasteiger partial charge in [0.15, 0.2) is 0 Å². The number of nitrogens with zero attached hydrogens (tertiary/aromatic N) is 1. The number of nitrogens with two attached hydrogens (primary N) is 1. The highest BCUT2D eigenvalue weighted by molar-refractivity contribution is 7.84. The minimum Gasteiger partial charge on any atom is -0.396 e. The maximum absolute atomic E-state index is 13.4. The first-order chi connectivity index (χ1) is 10.1. The van der Waals surface area contributed by atoms with Crippen molar-refractivity contribution in [3.63, 3.8) is 0 Å². The number of fused-ring (bicyclic) bond motifs is 1. The lowest BCUT2D eigenvalue weighted by Crippen LogP contribution is -1.99. The number of aromatic nitrogens is 1. The number of pyridine rings is 1. The van der Waals surface area contributed by atoms with Gasteiger partial charge in [0.2, 0.25) is 0 Å². The van der Waals surface area contributed by atoms with E-state index in [9.17, 15) is 8.60 Å². The van der Waals surface area contributed by atoms with Gasteiger partial charge in [0.1, 0.15) is 5.82 Å². The van der Waals surface area contributed by atoms with E-state index < -0.39 is 16.6 Å². The zero-order valence-corrected chi connectivity index (χ0v) is 11.9. The molecular formula is C16H13FN2OS. The molecule has 1 heterocycles. The Labute approximate surface area is 124 Å². The van der Waals surface area contributed by atoms with Gasteiger partial charge in [-0.3, -0.25) is 9.19 Å². The molecule has 0 bridgehead atoms. The number of benzene rings is 2. The molecule has 0 fully saturated rings. The fourth-order valence-corrected chi connectivity index (χ4v) is 3.20. The Balaban J connectivity index is 1.87. The van der Waals surface area contributed by atoms with E-state index in [1.807, 2.05) is 30.3 Å². The average Bonchev–Trinajstić information content (AvgIpc) is 2.50. The first-order valence-corrected chi connectivity index (χ1v) is 7.72. The van der Waals surface area contributed by atoms with Crippen LogP contribution in [0.3, 0.4) is 0 Å². The molecule has 3 rings (SSSR count). The molecule has 0 saturated heterocycles. The van der Waals surface area contributed by atoms with Gasteiger partial charge in [-0.15, -0.1) is 0 Å².